The second kappa shape index (κ2) is 3.65. The lowest BCUT2D eigenvalue weighted by molar-refractivity contribution is 0.624. The average Bonchev–Trinajstić information content (AvgIpc) is 3.04. The van der Waals surface area contributed by atoms with E-state index in [0.717, 1.165) is 35.5 Å². The number of aromatic nitrogens is 2. The predicted molar refractivity (Wildman–Crippen MR) is 67.8 cm³/mol. The third kappa shape index (κ3) is 1.43. The fourth-order valence-electron chi connectivity index (χ4n) is 2.27. The van der Waals surface area contributed by atoms with E-state index in [9.17, 15) is 0 Å². The van der Waals surface area contributed by atoms with Gasteiger partial charge in [0.15, 0.2) is 11.6 Å². The minimum atomic E-state index is 0.661. The molecule has 0 saturated carbocycles. The molecule has 3 heterocycles. The molecule has 0 spiro atoms. The van der Waals surface area contributed by atoms with Crippen LogP contribution in [0.5, 0.6) is 0 Å². The van der Waals surface area contributed by atoms with E-state index in [1.165, 1.54) is 5.56 Å². The molecule has 0 bridgehead atoms. The molecule has 1 aliphatic heterocycles. The van der Waals surface area contributed by atoms with E-state index in [2.05, 4.69) is 15.3 Å². The monoisotopic (exact) mass is 237 g/mol. The van der Waals surface area contributed by atoms with Gasteiger partial charge >= 0.3 is 0 Å². The van der Waals surface area contributed by atoms with Crippen LogP contribution in [-0.4, -0.2) is 9.97 Å². The first kappa shape index (κ1) is 9.79. The number of hydrogen-bond donors (Lipinski definition) is 1. The smallest absolute Gasteiger partial charge is 0.195 e. The van der Waals surface area contributed by atoms with Crippen LogP contribution < -0.4 is 5.32 Å². The van der Waals surface area contributed by atoms with Gasteiger partial charge < -0.3 is 9.73 Å². The maximum absolute atomic E-state index is 5.77. The number of benzene rings is 1. The molecule has 4 nitrogen and oxygen atoms in total. The van der Waals surface area contributed by atoms with Crippen LogP contribution in [0.4, 0.5) is 0 Å². The topological polar surface area (TPSA) is 51.0 Å². The molecule has 18 heavy (non-hydrogen) atoms. The Hall–Kier alpha value is -2.20. The fourth-order valence-corrected chi connectivity index (χ4v) is 2.27. The largest absolute Gasteiger partial charge is 0.453 e. The van der Waals surface area contributed by atoms with Crippen molar-refractivity contribution in [1.82, 2.24) is 15.3 Å². The first-order valence-electron chi connectivity index (χ1n) is 5.94. The van der Waals surface area contributed by atoms with Gasteiger partial charge in [-0.25, -0.2) is 9.97 Å². The second-order valence-corrected chi connectivity index (χ2v) is 4.42. The van der Waals surface area contributed by atoms with Crippen LogP contribution in [0.2, 0.25) is 0 Å². The molecule has 0 amide bonds. The van der Waals surface area contributed by atoms with Crippen LogP contribution in [0.1, 0.15) is 11.3 Å². The third-order valence-corrected chi connectivity index (χ3v) is 3.21. The van der Waals surface area contributed by atoms with Crippen molar-refractivity contribution in [3.05, 3.63) is 47.8 Å². The van der Waals surface area contributed by atoms with Crippen LogP contribution in [0, 0.1) is 0 Å². The van der Waals surface area contributed by atoms with Crippen molar-refractivity contribution in [3.63, 3.8) is 0 Å². The van der Waals surface area contributed by atoms with Gasteiger partial charge in [0.25, 0.3) is 0 Å². The van der Waals surface area contributed by atoms with E-state index in [1.807, 2.05) is 36.5 Å². The summed E-state index contributed by atoms with van der Waals surface area (Å²) in [5.74, 6) is 1.39. The fraction of sp³-hybridized carbons (Fsp3) is 0.143. The molecule has 0 aliphatic carbocycles. The number of hydrogen-bond acceptors (Lipinski definition) is 4. The molecule has 0 unspecified atom stereocenters. The van der Waals surface area contributed by atoms with Crippen molar-refractivity contribution in [2.45, 2.75) is 13.1 Å². The van der Waals surface area contributed by atoms with Gasteiger partial charge in [-0.05, 0) is 12.1 Å². The Kier molecular flexibility index (Phi) is 1.98. The number of nitrogens with zero attached hydrogens (tertiary/aromatic N) is 2. The van der Waals surface area contributed by atoms with Crippen LogP contribution in [-0.2, 0) is 13.1 Å². The standard InChI is InChI=1S/C14H11N3O/c1-2-4-12-9(3-1)5-13(18-12)14-16-7-10-6-15-8-11(10)17-14/h1-5,7,15H,6,8H2. The van der Waals surface area contributed by atoms with Gasteiger partial charge in [0.1, 0.15) is 5.58 Å². The van der Waals surface area contributed by atoms with Crippen molar-refractivity contribution in [2.24, 2.45) is 0 Å². The second-order valence-electron chi connectivity index (χ2n) is 4.42. The Morgan fingerprint density at radius 3 is 3.06 bits per heavy atom. The summed E-state index contributed by atoms with van der Waals surface area (Å²) in [7, 11) is 0. The Bertz CT molecular complexity index is 700. The van der Waals surface area contributed by atoms with Crippen LogP contribution in [0.25, 0.3) is 22.6 Å². The van der Waals surface area contributed by atoms with Crippen molar-refractivity contribution in [2.75, 3.05) is 0 Å². The van der Waals surface area contributed by atoms with Crippen molar-refractivity contribution < 1.29 is 4.42 Å². The maximum atomic E-state index is 5.77. The Balaban J connectivity index is 1.86. The zero-order valence-electron chi connectivity index (χ0n) is 9.68. The van der Waals surface area contributed by atoms with E-state index in [4.69, 9.17) is 4.42 Å². The molecule has 0 saturated heterocycles. The van der Waals surface area contributed by atoms with Gasteiger partial charge in [0.05, 0.1) is 5.69 Å². The summed E-state index contributed by atoms with van der Waals surface area (Å²) in [6, 6.07) is 9.92. The quantitative estimate of drug-likeness (QED) is 0.706. The highest BCUT2D eigenvalue weighted by Crippen LogP contribution is 2.26. The van der Waals surface area contributed by atoms with E-state index in [-0.39, 0.29) is 0 Å². The summed E-state index contributed by atoms with van der Waals surface area (Å²) < 4.78 is 5.77. The Labute approximate surface area is 104 Å². The molecule has 1 N–H and O–H groups in total. The summed E-state index contributed by atoms with van der Waals surface area (Å²) in [5.41, 5.74) is 3.12. The summed E-state index contributed by atoms with van der Waals surface area (Å²) >= 11 is 0. The minimum absolute atomic E-state index is 0.661. The lowest BCUT2D eigenvalue weighted by Crippen LogP contribution is -2.00. The predicted octanol–water partition coefficient (Wildman–Crippen LogP) is 2.49. The van der Waals surface area contributed by atoms with Crippen LogP contribution >= 0.6 is 0 Å². The van der Waals surface area contributed by atoms with Crippen molar-refractivity contribution >= 4 is 11.0 Å². The van der Waals surface area contributed by atoms with Gasteiger partial charge in [-0.15, -0.1) is 0 Å². The molecular weight excluding hydrogens is 226 g/mol. The highest BCUT2D eigenvalue weighted by molar-refractivity contribution is 5.81. The maximum Gasteiger partial charge on any atom is 0.195 e. The summed E-state index contributed by atoms with van der Waals surface area (Å²) in [6.07, 6.45) is 1.88. The van der Waals surface area contributed by atoms with Gasteiger partial charge in [-0.2, -0.15) is 0 Å². The van der Waals surface area contributed by atoms with Crippen LogP contribution in [0.15, 0.2) is 40.9 Å². The SMILES string of the molecule is c1ccc2oc(-c3ncc4c(n3)CNC4)cc2c1. The Morgan fingerprint density at radius 1 is 1.17 bits per heavy atom. The zero-order chi connectivity index (χ0) is 11.9. The molecule has 0 atom stereocenters. The normalized spacial score (nSPS) is 14.0. The molecule has 1 aromatic carbocycles. The molecule has 4 rings (SSSR count). The number of para-hydroxylation sites is 1. The zero-order valence-corrected chi connectivity index (χ0v) is 9.68. The highest BCUT2D eigenvalue weighted by Gasteiger charge is 2.15. The molecular formula is C14H11N3O. The molecule has 3 aromatic rings. The van der Waals surface area contributed by atoms with Crippen LogP contribution in [0.3, 0.4) is 0 Å². The summed E-state index contributed by atoms with van der Waals surface area (Å²) in [5, 5.41) is 4.34. The average molecular weight is 237 g/mol. The first-order valence-corrected chi connectivity index (χ1v) is 5.94. The highest BCUT2D eigenvalue weighted by atomic mass is 16.3. The first-order chi connectivity index (χ1) is 8.90. The molecule has 0 radical (unpaired) electrons. The lowest BCUT2D eigenvalue weighted by atomic mass is 10.2. The molecule has 2 aromatic heterocycles. The number of rotatable bonds is 1. The van der Waals surface area contributed by atoms with Crippen molar-refractivity contribution in [1.29, 1.82) is 0 Å². The molecule has 1 aliphatic rings. The molecule has 0 fully saturated rings. The number of furan rings is 1. The summed E-state index contributed by atoms with van der Waals surface area (Å²) in [6.45, 7) is 1.67. The van der Waals surface area contributed by atoms with E-state index >= 15 is 0 Å². The Morgan fingerprint density at radius 2 is 2.11 bits per heavy atom. The van der Waals surface area contributed by atoms with Gasteiger partial charge in [-0.1, -0.05) is 18.2 Å². The van der Waals surface area contributed by atoms with Crippen molar-refractivity contribution in [3.8, 4) is 11.6 Å². The van der Waals surface area contributed by atoms with E-state index in [0.29, 0.717) is 5.82 Å². The van der Waals surface area contributed by atoms with Gasteiger partial charge in [0, 0.05) is 30.2 Å². The van der Waals surface area contributed by atoms with E-state index < -0.39 is 0 Å². The molecule has 88 valence electrons. The minimum Gasteiger partial charge on any atom is -0.453 e. The summed E-state index contributed by atoms with van der Waals surface area (Å²) in [4.78, 5) is 8.92. The number of nitrogens with one attached hydrogen (secondary N) is 1. The third-order valence-electron chi connectivity index (χ3n) is 3.21. The van der Waals surface area contributed by atoms with Gasteiger partial charge in [0.2, 0.25) is 0 Å². The number of fused-ring (bicyclic) bond motifs is 2. The van der Waals surface area contributed by atoms with Gasteiger partial charge in [-0.3, -0.25) is 0 Å². The van der Waals surface area contributed by atoms with E-state index in [1.54, 1.807) is 0 Å². The lowest BCUT2D eigenvalue weighted by Gasteiger charge is -1.98. The molecule has 4 heteroatoms.